The molecule has 0 spiro atoms. The number of hydrogen-bond acceptors (Lipinski definition) is 6. The Balaban J connectivity index is 1.83. The van der Waals surface area contributed by atoms with Gasteiger partial charge in [-0.1, -0.05) is 12.1 Å². The van der Waals surface area contributed by atoms with Gasteiger partial charge in [-0.2, -0.15) is 5.10 Å². The number of rotatable bonds is 9. The molecule has 31 heavy (non-hydrogen) atoms. The normalized spacial score (nSPS) is 17.6. The fraction of sp³-hybridized carbons (Fsp3) is 0.500. The van der Waals surface area contributed by atoms with Gasteiger partial charge in [0.1, 0.15) is 5.78 Å². The highest BCUT2D eigenvalue weighted by atomic mass is 32.2. The number of nitrogens with zero attached hydrogens (tertiary/aromatic N) is 2. The second-order valence-corrected chi connectivity index (χ2v) is 10.2. The number of aliphatic hydroxyl groups excluding tert-OH is 1. The van der Waals surface area contributed by atoms with Crippen molar-refractivity contribution in [2.24, 2.45) is 5.92 Å². The smallest absolute Gasteiger partial charge is 0.233 e. The van der Waals surface area contributed by atoms with Crippen molar-refractivity contribution in [1.29, 1.82) is 0 Å². The Morgan fingerprint density at radius 1 is 1.35 bits per heavy atom. The second kappa shape index (κ2) is 9.74. The average Bonchev–Trinajstić information content (AvgIpc) is 3.31. The molecule has 2 aromatic rings. The van der Waals surface area contributed by atoms with Crippen molar-refractivity contribution in [3.63, 3.8) is 0 Å². The quantitative estimate of drug-likeness (QED) is 0.610. The largest absolute Gasteiger partial charge is 0.396 e. The molecule has 1 heterocycles. The standard InChI is InChI=1S/C22H29N3O5S/c1-15-12-17(5-7-20(15)31(2,29)30)19(14-16-4-6-18(27)13-16)22(28)23-21-8-10-25(24-21)9-3-11-26/h5,7-8,10,12,16,19,26H,3-4,6,9,11,13-14H2,1-2H3,(H,23,24,28)/t16-,19+/m0/s1. The number of benzene rings is 1. The minimum atomic E-state index is -3.36. The Morgan fingerprint density at radius 2 is 2.13 bits per heavy atom. The number of aromatic nitrogens is 2. The molecule has 3 rings (SSSR count). The molecule has 0 bridgehead atoms. The van der Waals surface area contributed by atoms with Crippen LogP contribution in [0.25, 0.3) is 0 Å². The molecule has 1 aliphatic rings. The molecule has 2 N–H and O–H groups in total. The Morgan fingerprint density at radius 3 is 2.74 bits per heavy atom. The Labute approximate surface area is 182 Å². The number of carbonyl (C=O) groups excluding carboxylic acids is 2. The first kappa shape index (κ1) is 23.1. The molecule has 0 unspecified atom stereocenters. The molecular formula is C22H29N3O5S. The third-order valence-corrected chi connectivity index (χ3v) is 6.93. The summed E-state index contributed by atoms with van der Waals surface area (Å²) in [6.07, 6.45) is 5.76. The van der Waals surface area contributed by atoms with Crippen molar-refractivity contribution in [1.82, 2.24) is 9.78 Å². The van der Waals surface area contributed by atoms with Gasteiger partial charge in [0.25, 0.3) is 0 Å². The molecule has 1 aromatic heterocycles. The lowest BCUT2D eigenvalue weighted by molar-refractivity contribution is -0.119. The maximum absolute atomic E-state index is 13.2. The van der Waals surface area contributed by atoms with Gasteiger partial charge in [-0.3, -0.25) is 14.3 Å². The third-order valence-electron chi connectivity index (χ3n) is 5.67. The van der Waals surface area contributed by atoms with E-state index in [1.807, 2.05) is 0 Å². The zero-order valence-electron chi connectivity index (χ0n) is 17.9. The molecule has 1 aromatic carbocycles. The van der Waals surface area contributed by atoms with Crippen molar-refractivity contribution in [2.75, 3.05) is 18.2 Å². The van der Waals surface area contributed by atoms with Crippen LogP contribution in [-0.2, 0) is 26.0 Å². The first-order valence-corrected chi connectivity index (χ1v) is 12.3. The summed E-state index contributed by atoms with van der Waals surface area (Å²) >= 11 is 0. The van der Waals surface area contributed by atoms with Crippen LogP contribution >= 0.6 is 0 Å². The van der Waals surface area contributed by atoms with Crippen LogP contribution in [0.1, 0.15) is 49.1 Å². The van der Waals surface area contributed by atoms with Crippen molar-refractivity contribution < 1.29 is 23.1 Å². The summed E-state index contributed by atoms with van der Waals surface area (Å²) in [4.78, 5) is 25.2. The van der Waals surface area contributed by atoms with Crippen molar-refractivity contribution in [2.45, 2.75) is 56.4 Å². The van der Waals surface area contributed by atoms with E-state index in [1.165, 1.54) is 0 Å². The molecule has 1 saturated carbocycles. The molecule has 1 amide bonds. The van der Waals surface area contributed by atoms with Gasteiger partial charge in [-0.15, -0.1) is 0 Å². The molecule has 2 atom stereocenters. The van der Waals surface area contributed by atoms with E-state index in [-0.39, 0.29) is 29.1 Å². The van der Waals surface area contributed by atoms with Crippen LogP contribution in [0.2, 0.25) is 0 Å². The zero-order valence-corrected chi connectivity index (χ0v) is 18.7. The van der Waals surface area contributed by atoms with Gasteiger partial charge in [0.05, 0.1) is 10.8 Å². The van der Waals surface area contributed by atoms with Gasteiger partial charge in [0.2, 0.25) is 5.91 Å². The predicted octanol–water partition coefficient (Wildman–Crippen LogP) is 2.46. The van der Waals surface area contributed by atoms with E-state index in [4.69, 9.17) is 5.11 Å². The van der Waals surface area contributed by atoms with Crippen LogP contribution < -0.4 is 5.32 Å². The molecule has 9 heteroatoms. The van der Waals surface area contributed by atoms with E-state index in [0.29, 0.717) is 43.6 Å². The number of aryl methyl sites for hydroxylation is 2. The summed E-state index contributed by atoms with van der Waals surface area (Å²) in [5.74, 6) is -0.000350. The number of nitrogens with one attached hydrogen (secondary N) is 1. The van der Waals surface area contributed by atoms with Gasteiger partial charge in [-0.05, 0) is 49.3 Å². The van der Waals surface area contributed by atoms with E-state index in [2.05, 4.69) is 10.4 Å². The summed E-state index contributed by atoms with van der Waals surface area (Å²) < 4.78 is 25.6. The lowest BCUT2D eigenvalue weighted by Crippen LogP contribution is -2.24. The summed E-state index contributed by atoms with van der Waals surface area (Å²) in [6.45, 7) is 2.33. The highest BCUT2D eigenvalue weighted by molar-refractivity contribution is 7.90. The minimum Gasteiger partial charge on any atom is -0.396 e. The number of amides is 1. The van der Waals surface area contributed by atoms with E-state index in [1.54, 1.807) is 42.1 Å². The van der Waals surface area contributed by atoms with Crippen LogP contribution in [0, 0.1) is 12.8 Å². The monoisotopic (exact) mass is 447 g/mol. The Kier molecular flexibility index (Phi) is 7.27. The molecule has 8 nitrogen and oxygen atoms in total. The fourth-order valence-corrected chi connectivity index (χ4v) is 5.08. The topological polar surface area (TPSA) is 118 Å². The maximum Gasteiger partial charge on any atom is 0.233 e. The van der Waals surface area contributed by atoms with E-state index in [0.717, 1.165) is 18.2 Å². The van der Waals surface area contributed by atoms with Gasteiger partial charge < -0.3 is 10.4 Å². The zero-order chi connectivity index (χ0) is 22.6. The predicted molar refractivity (Wildman–Crippen MR) is 117 cm³/mol. The van der Waals surface area contributed by atoms with Gasteiger partial charge in [0, 0.05) is 44.5 Å². The number of carbonyl (C=O) groups is 2. The van der Waals surface area contributed by atoms with E-state index >= 15 is 0 Å². The molecule has 0 radical (unpaired) electrons. The number of Topliss-reactive ketones (excluding diaryl/α,β-unsaturated/α-hetero) is 1. The average molecular weight is 448 g/mol. The van der Waals surface area contributed by atoms with Gasteiger partial charge in [-0.25, -0.2) is 8.42 Å². The summed E-state index contributed by atoms with van der Waals surface area (Å²) in [5.41, 5.74) is 1.31. The highest BCUT2D eigenvalue weighted by Crippen LogP contribution is 2.34. The number of ketones is 1. The van der Waals surface area contributed by atoms with E-state index in [9.17, 15) is 18.0 Å². The van der Waals surface area contributed by atoms with Crippen LogP contribution in [0.5, 0.6) is 0 Å². The lowest BCUT2D eigenvalue weighted by Gasteiger charge is -2.21. The Bertz CT molecular complexity index is 1060. The van der Waals surface area contributed by atoms with Gasteiger partial charge >= 0.3 is 0 Å². The Hall–Kier alpha value is -2.52. The highest BCUT2D eigenvalue weighted by Gasteiger charge is 2.30. The van der Waals surface area contributed by atoms with Crippen molar-refractivity contribution in [3.05, 3.63) is 41.6 Å². The maximum atomic E-state index is 13.2. The van der Waals surface area contributed by atoms with Crippen LogP contribution in [0.3, 0.4) is 0 Å². The SMILES string of the molecule is Cc1cc([C@@H](C[C@H]2CCC(=O)C2)C(=O)Nc2ccn(CCCO)n2)ccc1S(C)(=O)=O. The van der Waals surface area contributed by atoms with E-state index < -0.39 is 15.8 Å². The first-order chi connectivity index (χ1) is 14.7. The van der Waals surface area contributed by atoms with Crippen LogP contribution in [-0.4, -0.2) is 47.9 Å². The van der Waals surface area contributed by atoms with Crippen molar-refractivity contribution in [3.8, 4) is 0 Å². The summed E-state index contributed by atoms with van der Waals surface area (Å²) in [6, 6.07) is 6.68. The molecular weight excluding hydrogens is 418 g/mol. The molecule has 0 aliphatic heterocycles. The molecule has 1 fully saturated rings. The number of sulfone groups is 1. The van der Waals surface area contributed by atoms with Gasteiger partial charge in [0.15, 0.2) is 15.7 Å². The molecule has 0 saturated heterocycles. The second-order valence-electron chi connectivity index (χ2n) is 8.26. The number of anilines is 1. The van der Waals surface area contributed by atoms with Crippen molar-refractivity contribution >= 4 is 27.3 Å². The summed E-state index contributed by atoms with van der Waals surface area (Å²) in [5, 5.41) is 16.1. The molecule has 168 valence electrons. The summed E-state index contributed by atoms with van der Waals surface area (Å²) in [7, 11) is -3.36. The van der Waals surface area contributed by atoms with Crippen LogP contribution in [0.4, 0.5) is 5.82 Å². The third kappa shape index (κ3) is 6.01. The minimum absolute atomic E-state index is 0.0621. The lowest BCUT2D eigenvalue weighted by atomic mass is 9.86. The fourth-order valence-electron chi connectivity index (χ4n) is 4.12. The first-order valence-electron chi connectivity index (χ1n) is 10.4. The molecule has 1 aliphatic carbocycles. The number of aliphatic hydroxyl groups is 1. The van der Waals surface area contributed by atoms with Crippen LogP contribution in [0.15, 0.2) is 35.4 Å². The number of hydrogen-bond donors (Lipinski definition) is 2.